The second kappa shape index (κ2) is 12.4. The molecular formula is C17H34N2O3. The summed E-state index contributed by atoms with van der Waals surface area (Å²) >= 11 is 0. The van der Waals surface area contributed by atoms with Crippen LogP contribution < -0.4 is 5.73 Å². The Kier molecular flexibility index (Phi) is 11.8. The molecule has 0 aromatic carbocycles. The Bertz CT molecular complexity index is 319. The zero-order valence-electron chi connectivity index (χ0n) is 14.5. The SMILES string of the molecule is CCCCCCCCCCN(O)C(=O)C(CC(C)C)C(N)=O. The number of hydrogen-bond donors (Lipinski definition) is 2. The van der Waals surface area contributed by atoms with Crippen molar-refractivity contribution in [3.8, 4) is 0 Å². The van der Waals surface area contributed by atoms with Crippen LogP contribution in [0, 0.1) is 11.8 Å². The third kappa shape index (κ3) is 9.77. The van der Waals surface area contributed by atoms with Gasteiger partial charge >= 0.3 is 0 Å². The molecule has 130 valence electrons. The summed E-state index contributed by atoms with van der Waals surface area (Å²) in [7, 11) is 0. The van der Waals surface area contributed by atoms with E-state index >= 15 is 0 Å². The van der Waals surface area contributed by atoms with Crippen molar-refractivity contribution >= 4 is 11.8 Å². The summed E-state index contributed by atoms with van der Waals surface area (Å²) in [6.07, 6.45) is 9.54. The summed E-state index contributed by atoms with van der Waals surface area (Å²) in [6, 6.07) is 0. The molecule has 0 aliphatic heterocycles. The first kappa shape index (κ1) is 20.9. The van der Waals surface area contributed by atoms with E-state index in [9.17, 15) is 14.8 Å². The van der Waals surface area contributed by atoms with Gasteiger partial charge < -0.3 is 5.73 Å². The van der Waals surface area contributed by atoms with Crippen LogP contribution in [0.25, 0.3) is 0 Å². The van der Waals surface area contributed by atoms with Crippen molar-refractivity contribution in [3.63, 3.8) is 0 Å². The third-order valence-corrected chi connectivity index (χ3v) is 3.83. The topological polar surface area (TPSA) is 83.6 Å². The third-order valence-electron chi connectivity index (χ3n) is 3.83. The van der Waals surface area contributed by atoms with Crippen LogP contribution in [0.5, 0.6) is 0 Å². The maximum absolute atomic E-state index is 12.0. The van der Waals surface area contributed by atoms with Gasteiger partial charge in [-0.25, -0.2) is 5.06 Å². The number of unbranched alkanes of at least 4 members (excludes halogenated alkanes) is 7. The van der Waals surface area contributed by atoms with E-state index in [0.29, 0.717) is 11.5 Å². The van der Waals surface area contributed by atoms with Crippen LogP contribution in [0.3, 0.4) is 0 Å². The lowest BCUT2D eigenvalue weighted by Crippen LogP contribution is -2.41. The van der Waals surface area contributed by atoms with Crippen LogP contribution in [0.2, 0.25) is 0 Å². The molecule has 0 aromatic rings. The van der Waals surface area contributed by atoms with E-state index in [2.05, 4.69) is 6.92 Å². The molecule has 0 bridgehead atoms. The van der Waals surface area contributed by atoms with Gasteiger partial charge in [0.15, 0.2) is 0 Å². The van der Waals surface area contributed by atoms with E-state index in [1.807, 2.05) is 13.8 Å². The Morgan fingerprint density at radius 1 is 1.00 bits per heavy atom. The van der Waals surface area contributed by atoms with Gasteiger partial charge in [-0.15, -0.1) is 0 Å². The maximum atomic E-state index is 12.0. The molecule has 0 saturated carbocycles. The van der Waals surface area contributed by atoms with Gasteiger partial charge in [-0.2, -0.15) is 0 Å². The van der Waals surface area contributed by atoms with Crippen LogP contribution in [-0.4, -0.2) is 28.6 Å². The Hall–Kier alpha value is -1.10. The highest BCUT2D eigenvalue weighted by molar-refractivity contribution is 5.99. The van der Waals surface area contributed by atoms with Crippen LogP contribution in [0.15, 0.2) is 0 Å². The number of carbonyl (C=O) groups excluding carboxylic acids is 2. The molecule has 0 rings (SSSR count). The van der Waals surface area contributed by atoms with Crippen molar-refractivity contribution in [2.24, 2.45) is 17.6 Å². The Labute approximate surface area is 135 Å². The van der Waals surface area contributed by atoms with Crippen LogP contribution >= 0.6 is 0 Å². The number of primary amides is 1. The normalized spacial score (nSPS) is 12.4. The van der Waals surface area contributed by atoms with Crippen LogP contribution in [0.4, 0.5) is 0 Å². The molecule has 0 fully saturated rings. The number of carbonyl (C=O) groups is 2. The minimum Gasteiger partial charge on any atom is -0.369 e. The van der Waals surface area contributed by atoms with E-state index in [0.717, 1.165) is 19.3 Å². The molecule has 5 heteroatoms. The van der Waals surface area contributed by atoms with Crippen LogP contribution in [-0.2, 0) is 9.59 Å². The molecule has 0 aliphatic rings. The van der Waals surface area contributed by atoms with E-state index in [-0.39, 0.29) is 12.5 Å². The predicted molar refractivity (Wildman–Crippen MR) is 88.2 cm³/mol. The average molecular weight is 314 g/mol. The monoisotopic (exact) mass is 314 g/mol. The Morgan fingerprint density at radius 2 is 1.50 bits per heavy atom. The fourth-order valence-corrected chi connectivity index (χ4v) is 2.50. The smallest absolute Gasteiger partial charge is 0.258 e. The number of hydroxylamine groups is 2. The standard InChI is InChI=1S/C17H34N2O3/c1-4-5-6-7-8-9-10-11-12-19(22)17(21)15(16(18)20)13-14(2)3/h14-15,22H,4-13H2,1-3H3,(H2,18,20). The quantitative estimate of drug-likeness (QED) is 0.236. The minimum atomic E-state index is -0.918. The van der Waals surface area contributed by atoms with Crippen molar-refractivity contribution in [1.29, 1.82) is 0 Å². The molecule has 22 heavy (non-hydrogen) atoms. The van der Waals surface area contributed by atoms with Crippen molar-refractivity contribution in [3.05, 3.63) is 0 Å². The molecular weight excluding hydrogens is 280 g/mol. The van der Waals surface area contributed by atoms with Gasteiger partial charge in [-0.3, -0.25) is 14.8 Å². The fraction of sp³-hybridized carbons (Fsp3) is 0.882. The van der Waals surface area contributed by atoms with Crippen molar-refractivity contribution in [2.75, 3.05) is 6.54 Å². The first-order valence-corrected chi connectivity index (χ1v) is 8.69. The van der Waals surface area contributed by atoms with E-state index in [1.54, 1.807) is 0 Å². The average Bonchev–Trinajstić information content (AvgIpc) is 2.46. The van der Waals surface area contributed by atoms with E-state index < -0.39 is 17.7 Å². The Morgan fingerprint density at radius 3 is 1.95 bits per heavy atom. The van der Waals surface area contributed by atoms with Gasteiger partial charge in [0.2, 0.25) is 5.91 Å². The summed E-state index contributed by atoms with van der Waals surface area (Å²) in [6.45, 7) is 6.31. The van der Waals surface area contributed by atoms with Gasteiger partial charge in [0.05, 0.1) is 0 Å². The molecule has 0 spiro atoms. The number of amides is 2. The van der Waals surface area contributed by atoms with Crippen molar-refractivity contribution in [1.82, 2.24) is 5.06 Å². The highest BCUT2D eigenvalue weighted by Crippen LogP contribution is 2.15. The summed E-state index contributed by atoms with van der Waals surface area (Å²) < 4.78 is 0. The summed E-state index contributed by atoms with van der Waals surface area (Å²) in [5, 5.41) is 10.5. The molecule has 2 amide bonds. The van der Waals surface area contributed by atoms with Gasteiger partial charge in [0, 0.05) is 6.54 Å². The molecule has 1 atom stereocenters. The number of nitrogens with zero attached hydrogens (tertiary/aromatic N) is 1. The van der Waals surface area contributed by atoms with Crippen molar-refractivity contribution < 1.29 is 14.8 Å². The first-order chi connectivity index (χ1) is 10.4. The molecule has 0 saturated heterocycles. The molecule has 1 unspecified atom stereocenters. The number of nitrogens with two attached hydrogens (primary N) is 1. The van der Waals surface area contributed by atoms with Crippen LogP contribution in [0.1, 0.15) is 78.6 Å². The summed E-state index contributed by atoms with van der Waals surface area (Å²) in [5.41, 5.74) is 5.26. The van der Waals surface area contributed by atoms with Gasteiger partial charge in [0.25, 0.3) is 5.91 Å². The van der Waals surface area contributed by atoms with Gasteiger partial charge in [-0.05, 0) is 18.8 Å². The second-order valence-electron chi connectivity index (χ2n) is 6.52. The zero-order chi connectivity index (χ0) is 17.0. The largest absolute Gasteiger partial charge is 0.369 e. The number of hydrogen-bond acceptors (Lipinski definition) is 3. The molecule has 0 heterocycles. The van der Waals surface area contributed by atoms with Gasteiger partial charge in [0.1, 0.15) is 5.92 Å². The molecule has 0 aromatic heterocycles. The highest BCUT2D eigenvalue weighted by Gasteiger charge is 2.28. The zero-order valence-corrected chi connectivity index (χ0v) is 14.5. The van der Waals surface area contributed by atoms with Gasteiger partial charge in [-0.1, -0.05) is 65.7 Å². The maximum Gasteiger partial charge on any atom is 0.258 e. The number of rotatable bonds is 13. The lowest BCUT2D eigenvalue weighted by molar-refractivity contribution is -0.172. The molecule has 0 aliphatic carbocycles. The van der Waals surface area contributed by atoms with E-state index in [1.165, 1.54) is 32.1 Å². The first-order valence-electron chi connectivity index (χ1n) is 8.69. The Balaban J connectivity index is 3.91. The van der Waals surface area contributed by atoms with Crippen molar-refractivity contribution in [2.45, 2.75) is 78.6 Å². The molecule has 0 radical (unpaired) electrons. The fourth-order valence-electron chi connectivity index (χ4n) is 2.50. The molecule has 5 nitrogen and oxygen atoms in total. The minimum absolute atomic E-state index is 0.179. The van der Waals surface area contributed by atoms with E-state index in [4.69, 9.17) is 5.73 Å². The predicted octanol–water partition coefficient (Wildman–Crippen LogP) is 3.49. The lowest BCUT2D eigenvalue weighted by atomic mass is 9.95. The molecule has 3 N–H and O–H groups in total. The summed E-state index contributed by atoms with van der Waals surface area (Å²) in [5.74, 6) is -1.96. The highest BCUT2D eigenvalue weighted by atomic mass is 16.5. The second-order valence-corrected chi connectivity index (χ2v) is 6.52. The lowest BCUT2D eigenvalue weighted by Gasteiger charge is -2.21. The summed E-state index contributed by atoms with van der Waals surface area (Å²) in [4.78, 5) is 23.4.